The average molecular weight is 395 g/mol. The number of hydrogen-bond acceptors (Lipinski definition) is 4. The first-order valence-electron chi connectivity index (χ1n) is 8.14. The van der Waals surface area contributed by atoms with Crippen LogP contribution in [0.25, 0.3) is 0 Å². The summed E-state index contributed by atoms with van der Waals surface area (Å²) in [6.07, 6.45) is 3.74. The lowest BCUT2D eigenvalue weighted by Gasteiger charge is -2.31. The van der Waals surface area contributed by atoms with Crippen molar-refractivity contribution in [2.45, 2.75) is 51.2 Å². The fourth-order valence-electron chi connectivity index (χ4n) is 2.87. The van der Waals surface area contributed by atoms with Crippen molar-refractivity contribution in [1.82, 2.24) is 0 Å². The zero-order chi connectivity index (χ0) is 17.7. The van der Waals surface area contributed by atoms with Crippen LogP contribution in [0.2, 0.25) is 0 Å². The molecule has 1 aromatic rings. The van der Waals surface area contributed by atoms with E-state index in [0.29, 0.717) is 25.7 Å². The minimum atomic E-state index is -0.677. The highest BCUT2D eigenvalue weighted by Gasteiger charge is 2.33. The number of esters is 2. The molecule has 0 saturated heterocycles. The molecule has 4 nitrogen and oxygen atoms in total. The molecule has 0 amide bonds. The summed E-state index contributed by atoms with van der Waals surface area (Å²) in [6, 6.07) is 7.76. The molecule has 0 aromatic heterocycles. The topological polar surface area (TPSA) is 52.6 Å². The van der Waals surface area contributed by atoms with Crippen LogP contribution in [0.3, 0.4) is 0 Å². The average Bonchev–Trinajstić information content (AvgIpc) is 2.55. The quantitative estimate of drug-likeness (QED) is 0.544. The van der Waals surface area contributed by atoms with Crippen molar-refractivity contribution in [3.8, 4) is 0 Å². The maximum atomic E-state index is 12.5. The highest BCUT2D eigenvalue weighted by Crippen LogP contribution is 2.32. The molecule has 1 saturated carbocycles. The van der Waals surface area contributed by atoms with Gasteiger partial charge in [0.1, 0.15) is 11.7 Å². The second-order valence-corrected chi connectivity index (χ2v) is 7.47. The van der Waals surface area contributed by atoms with Crippen molar-refractivity contribution in [3.63, 3.8) is 0 Å². The fraction of sp³-hybridized carbons (Fsp3) is 0.474. The zero-order valence-corrected chi connectivity index (χ0v) is 15.7. The number of halogens is 1. The molecule has 0 N–H and O–H groups in total. The Morgan fingerprint density at radius 2 is 1.75 bits per heavy atom. The van der Waals surface area contributed by atoms with E-state index in [-0.39, 0.29) is 18.0 Å². The lowest BCUT2D eigenvalue weighted by molar-refractivity contribution is -0.165. The van der Waals surface area contributed by atoms with Gasteiger partial charge in [0, 0.05) is 10.5 Å². The first-order chi connectivity index (χ1) is 11.3. The second kappa shape index (κ2) is 7.97. The molecule has 0 bridgehead atoms. The van der Waals surface area contributed by atoms with E-state index < -0.39 is 11.6 Å². The van der Waals surface area contributed by atoms with E-state index in [1.54, 1.807) is 0 Å². The zero-order valence-electron chi connectivity index (χ0n) is 14.1. The van der Waals surface area contributed by atoms with E-state index in [1.165, 1.54) is 6.08 Å². The van der Waals surface area contributed by atoms with Crippen LogP contribution in [0.5, 0.6) is 0 Å². The first-order valence-corrected chi connectivity index (χ1v) is 8.93. The SMILES string of the molecule is C=CC(=O)OC1CCC(C(=O)OC(C)(C)c2ccc(Br)cc2)CC1. The summed E-state index contributed by atoms with van der Waals surface area (Å²) in [5.74, 6) is -0.729. The predicted molar refractivity (Wildman–Crippen MR) is 95.3 cm³/mol. The first kappa shape index (κ1) is 18.7. The number of rotatable bonds is 5. The van der Waals surface area contributed by atoms with E-state index >= 15 is 0 Å². The molecule has 1 aromatic carbocycles. The molecule has 5 heteroatoms. The van der Waals surface area contributed by atoms with Gasteiger partial charge in [-0.05, 0) is 57.2 Å². The van der Waals surface area contributed by atoms with Crippen LogP contribution in [-0.4, -0.2) is 18.0 Å². The van der Waals surface area contributed by atoms with Crippen molar-refractivity contribution in [2.75, 3.05) is 0 Å². The number of carbonyl (C=O) groups is 2. The monoisotopic (exact) mass is 394 g/mol. The molecule has 0 unspecified atom stereocenters. The van der Waals surface area contributed by atoms with E-state index in [9.17, 15) is 9.59 Å². The van der Waals surface area contributed by atoms with E-state index in [4.69, 9.17) is 9.47 Å². The summed E-state index contributed by atoms with van der Waals surface area (Å²) in [6.45, 7) is 7.18. The smallest absolute Gasteiger partial charge is 0.330 e. The second-order valence-electron chi connectivity index (χ2n) is 6.55. The minimum absolute atomic E-state index is 0.126. The molecule has 1 fully saturated rings. The molecule has 0 radical (unpaired) electrons. The third kappa shape index (κ3) is 4.94. The summed E-state index contributed by atoms with van der Waals surface area (Å²) in [4.78, 5) is 23.7. The summed E-state index contributed by atoms with van der Waals surface area (Å²) in [5, 5.41) is 0. The molecule has 0 atom stereocenters. The lowest BCUT2D eigenvalue weighted by atomic mass is 9.87. The summed E-state index contributed by atoms with van der Waals surface area (Å²) in [7, 11) is 0. The van der Waals surface area contributed by atoms with Crippen LogP contribution in [0.1, 0.15) is 45.1 Å². The number of benzene rings is 1. The molecule has 2 rings (SSSR count). The molecule has 0 aliphatic heterocycles. The van der Waals surface area contributed by atoms with Gasteiger partial charge in [-0.2, -0.15) is 0 Å². The van der Waals surface area contributed by atoms with Gasteiger partial charge in [0.2, 0.25) is 0 Å². The Hall–Kier alpha value is -1.62. The van der Waals surface area contributed by atoms with Crippen molar-refractivity contribution < 1.29 is 19.1 Å². The predicted octanol–water partition coefficient (Wildman–Crippen LogP) is 4.52. The minimum Gasteiger partial charge on any atom is -0.459 e. The Morgan fingerprint density at radius 3 is 2.29 bits per heavy atom. The normalized spacial score (nSPS) is 21.0. The van der Waals surface area contributed by atoms with E-state index in [0.717, 1.165) is 10.0 Å². The number of ether oxygens (including phenoxy) is 2. The van der Waals surface area contributed by atoms with Crippen molar-refractivity contribution >= 4 is 27.9 Å². The van der Waals surface area contributed by atoms with Gasteiger partial charge in [-0.3, -0.25) is 4.79 Å². The van der Waals surface area contributed by atoms with E-state index in [2.05, 4.69) is 22.5 Å². The lowest BCUT2D eigenvalue weighted by Crippen LogP contribution is -2.33. The highest BCUT2D eigenvalue weighted by atomic mass is 79.9. The van der Waals surface area contributed by atoms with Gasteiger partial charge in [0.25, 0.3) is 0 Å². The molecule has 1 aliphatic carbocycles. The van der Waals surface area contributed by atoms with Gasteiger partial charge in [-0.1, -0.05) is 34.6 Å². The van der Waals surface area contributed by atoms with Gasteiger partial charge in [0.15, 0.2) is 0 Å². The van der Waals surface area contributed by atoms with Crippen LogP contribution < -0.4 is 0 Å². The molecule has 130 valence electrons. The Morgan fingerprint density at radius 1 is 1.17 bits per heavy atom. The van der Waals surface area contributed by atoms with Crippen LogP contribution in [0.15, 0.2) is 41.4 Å². The fourth-order valence-corrected chi connectivity index (χ4v) is 3.14. The summed E-state index contributed by atoms with van der Waals surface area (Å²) in [5.41, 5.74) is 0.275. The standard InChI is InChI=1S/C19H23BrO4/c1-4-17(21)23-16-11-5-13(6-12-16)18(22)24-19(2,3)14-7-9-15(20)10-8-14/h4,7-10,13,16H,1,5-6,11-12H2,2-3H3. The van der Waals surface area contributed by atoms with Crippen LogP contribution >= 0.6 is 15.9 Å². The third-order valence-electron chi connectivity index (χ3n) is 4.35. The molecular formula is C19H23BrO4. The maximum absolute atomic E-state index is 12.5. The molecule has 0 heterocycles. The summed E-state index contributed by atoms with van der Waals surface area (Å²) < 4.78 is 12.0. The van der Waals surface area contributed by atoms with Crippen LogP contribution in [0, 0.1) is 5.92 Å². The maximum Gasteiger partial charge on any atom is 0.330 e. The number of hydrogen-bond donors (Lipinski definition) is 0. The third-order valence-corrected chi connectivity index (χ3v) is 4.88. The van der Waals surface area contributed by atoms with Crippen molar-refractivity contribution in [3.05, 3.63) is 47.0 Å². The van der Waals surface area contributed by atoms with Gasteiger partial charge >= 0.3 is 11.9 Å². The van der Waals surface area contributed by atoms with Gasteiger partial charge in [-0.15, -0.1) is 0 Å². The van der Waals surface area contributed by atoms with Crippen molar-refractivity contribution in [2.24, 2.45) is 5.92 Å². The molecule has 0 spiro atoms. The highest BCUT2D eigenvalue weighted by molar-refractivity contribution is 9.10. The van der Waals surface area contributed by atoms with Crippen molar-refractivity contribution in [1.29, 1.82) is 0 Å². The molecule has 1 aliphatic rings. The Bertz CT molecular complexity index is 598. The Balaban J connectivity index is 1.90. The Labute approximate surface area is 151 Å². The van der Waals surface area contributed by atoms with Crippen LogP contribution in [0.4, 0.5) is 0 Å². The van der Waals surface area contributed by atoms with Gasteiger partial charge in [-0.25, -0.2) is 4.79 Å². The van der Waals surface area contributed by atoms with Gasteiger partial charge < -0.3 is 9.47 Å². The van der Waals surface area contributed by atoms with E-state index in [1.807, 2.05) is 38.1 Å². The largest absolute Gasteiger partial charge is 0.459 e. The Kier molecular flexibility index (Phi) is 6.21. The molecule has 24 heavy (non-hydrogen) atoms. The van der Waals surface area contributed by atoms with Crippen LogP contribution in [-0.2, 0) is 24.7 Å². The summed E-state index contributed by atoms with van der Waals surface area (Å²) >= 11 is 3.40. The molecular weight excluding hydrogens is 372 g/mol. The van der Waals surface area contributed by atoms with Gasteiger partial charge in [0.05, 0.1) is 5.92 Å². The number of carbonyl (C=O) groups excluding carboxylic acids is 2.